The van der Waals surface area contributed by atoms with E-state index in [1.54, 1.807) is 24.3 Å². The summed E-state index contributed by atoms with van der Waals surface area (Å²) in [5.74, 6) is -4.01. The first-order valence-electron chi connectivity index (χ1n) is 12.6. The van der Waals surface area contributed by atoms with Crippen LogP contribution in [0.3, 0.4) is 0 Å². The van der Waals surface area contributed by atoms with Gasteiger partial charge in [0.2, 0.25) is 0 Å². The fraction of sp³-hybridized carbons (Fsp3) is 0.462. The molecule has 1 aliphatic carbocycles. The maximum Gasteiger partial charge on any atom is 0.433 e. The van der Waals surface area contributed by atoms with E-state index in [0.717, 1.165) is 54.7 Å². The second kappa shape index (κ2) is 11.4. The molecule has 1 aromatic heterocycles. The number of benzene rings is 1. The molecule has 1 saturated heterocycles. The molecule has 2 N–H and O–H groups in total. The molecule has 0 radical (unpaired) electrons. The van der Waals surface area contributed by atoms with Gasteiger partial charge in [-0.05, 0) is 43.9 Å². The highest BCUT2D eigenvalue weighted by atomic mass is 16.6. The van der Waals surface area contributed by atoms with Gasteiger partial charge in [0.1, 0.15) is 4.92 Å². The van der Waals surface area contributed by atoms with Gasteiger partial charge in [-0.2, -0.15) is 0 Å². The highest BCUT2D eigenvalue weighted by molar-refractivity contribution is 6.01. The Balaban J connectivity index is 1.64. The largest absolute Gasteiger partial charge is 0.481 e. The van der Waals surface area contributed by atoms with Crippen molar-refractivity contribution in [3.63, 3.8) is 0 Å². The van der Waals surface area contributed by atoms with Crippen molar-refractivity contribution in [2.45, 2.75) is 57.7 Å². The third-order valence-electron chi connectivity index (χ3n) is 7.15. The highest BCUT2D eigenvalue weighted by Gasteiger charge is 2.45. The maximum absolute atomic E-state index is 13.7. The molecule has 3 amide bonds. The zero-order valence-electron chi connectivity index (χ0n) is 21.0. The van der Waals surface area contributed by atoms with Crippen LogP contribution in [0, 0.1) is 23.0 Å². The van der Waals surface area contributed by atoms with E-state index in [1.165, 1.54) is 4.90 Å². The molecule has 12 heteroatoms. The molecule has 38 heavy (non-hydrogen) atoms. The smallest absolute Gasteiger partial charge is 0.433 e. The number of carboxylic acid groups (broad SMARTS) is 1. The monoisotopic (exact) mass is 526 g/mol. The van der Waals surface area contributed by atoms with Gasteiger partial charge in [-0.3, -0.25) is 29.3 Å². The molecule has 0 bridgehead atoms. The summed E-state index contributed by atoms with van der Waals surface area (Å²) in [6.45, 7) is 1.89. The van der Waals surface area contributed by atoms with Crippen LogP contribution in [0.25, 0.3) is 0 Å². The molecule has 0 spiro atoms. The van der Waals surface area contributed by atoms with Crippen LogP contribution >= 0.6 is 0 Å². The van der Waals surface area contributed by atoms with Crippen molar-refractivity contribution >= 4 is 29.6 Å². The van der Waals surface area contributed by atoms with Crippen molar-refractivity contribution in [1.29, 1.82) is 0 Å². The number of carboxylic acids is 1. The van der Waals surface area contributed by atoms with Crippen molar-refractivity contribution in [3.05, 3.63) is 63.4 Å². The Morgan fingerprint density at radius 2 is 1.66 bits per heavy atom. The molecule has 2 aromatic rings. The lowest BCUT2D eigenvalue weighted by Gasteiger charge is -2.34. The zero-order chi connectivity index (χ0) is 27.4. The van der Waals surface area contributed by atoms with Gasteiger partial charge in [0, 0.05) is 24.7 Å². The average Bonchev–Trinajstić information content (AvgIpc) is 3.56. The zero-order valence-corrected chi connectivity index (χ0v) is 21.0. The minimum atomic E-state index is -1.39. The van der Waals surface area contributed by atoms with Crippen LogP contribution < -0.4 is 5.32 Å². The Kier molecular flexibility index (Phi) is 8.08. The first-order chi connectivity index (χ1) is 18.2. The number of rotatable bonds is 8. The van der Waals surface area contributed by atoms with Crippen molar-refractivity contribution in [1.82, 2.24) is 15.1 Å². The number of amides is 3. The number of nitrogens with one attached hydrogen (secondary N) is 1. The lowest BCUT2D eigenvalue weighted by Crippen LogP contribution is -2.56. The van der Waals surface area contributed by atoms with Crippen LogP contribution in [0.5, 0.6) is 0 Å². The fourth-order valence-corrected chi connectivity index (χ4v) is 5.20. The van der Waals surface area contributed by atoms with Gasteiger partial charge in [-0.15, -0.1) is 0 Å². The molecule has 2 unspecified atom stereocenters. The molecule has 202 valence electrons. The molecule has 1 aromatic carbocycles. The lowest BCUT2D eigenvalue weighted by atomic mass is 9.82. The van der Waals surface area contributed by atoms with Crippen LogP contribution in [-0.2, 0) is 9.59 Å². The van der Waals surface area contributed by atoms with E-state index in [1.807, 2.05) is 6.92 Å². The van der Waals surface area contributed by atoms with Gasteiger partial charge >= 0.3 is 11.9 Å². The number of carbonyl (C=O) groups excluding carboxylic acids is 3. The predicted octanol–water partition coefficient (Wildman–Crippen LogP) is 2.96. The molecule has 1 saturated carbocycles. The third-order valence-corrected chi connectivity index (χ3v) is 7.15. The number of nitrogens with zero attached hydrogens (tertiary/aromatic N) is 3. The Morgan fingerprint density at radius 3 is 2.24 bits per heavy atom. The molecular weight excluding hydrogens is 496 g/mol. The normalized spacial score (nSPS) is 18.7. The molecule has 4 rings (SSSR count). The van der Waals surface area contributed by atoms with Crippen molar-refractivity contribution in [2.24, 2.45) is 5.92 Å². The van der Waals surface area contributed by atoms with Gasteiger partial charge in [0.05, 0.1) is 12.5 Å². The second-order valence-electron chi connectivity index (χ2n) is 9.74. The highest BCUT2D eigenvalue weighted by Crippen LogP contribution is 2.29. The number of aliphatic carboxylic acids is 1. The average molecular weight is 527 g/mol. The molecule has 2 atom stereocenters. The number of hydrogen-bond acceptors (Lipinski definition) is 7. The summed E-state index contributed by atoms with van der Waals surface area (Å²) < 4.78 is 5.07. The van der Waals surface area contributed by atoms with E-state index in [9.17, 15) is 34.4 Å². The van der Waals surface area contributed by atoms with Crippen LogP contribution in [0.15, 0.2) is 40.8 Å². The van der Waals surface area contributed by atoms with E-state index in [-0.39, 0.29) is 31.2 Å². The minimum Gasteiger partial charge on any atom is -0.481 e. The maximum atomic E-state index is 13.7. The number of carbonyl (C=O) groups is 4. The fourth-order valence-electron chi connectivity index (χ4n) is 5.20. The standard InChI is InChI=1S/C26H30N4O8/c1-16-7-9-18(10-8-16)25(34)28-13-14-29(26(35)20-11-12-21(38-20)30(36)37)24(28)23(33)27-19(15-22(31)32)17-5-3-2-4-6-17/h7-12,17,19,24H,2-6,13-15H2,1H3,(H,27,33)(H,31,32). The number of nitro groups is 1. The summed E-state index contributed by atoms with van der Waals surface area (Å²) in [6, 6.07) is 8.29. The van der Waals surface area contributed by atoms with E-state index < -0.39 is 46.7 Å². The van der Waals surface area contributed by atoms with E-state index >= 15 is 0 Å². The van der Waals surface area contributed by atoms with Crippen molar-refractivity contribution in [3.8, 4) is 0 Å². The minimum absolute atomic E-state index is 0.0178. The SMILES string of the molecule is Cc1ccc(C(=O)N2CCN(C(=O)c3ccc([N+](=O)[O-])o3)C2C(=O)NC(CC(=O)O)C2CCCCC2)cc1. The summed E-state index contributed by atoms with van der Waals surface area (Å²) >= 11 is 0. The van der Waals surface area contributed by atoms with Crippen LogP contribution in [0.2, 0.25) is 0 Å². The van der Waals surface area contributed by atoms with Crippen molar-refractivity contribution in [2.75, 3.05) is 13.1 Å². The van der Waals surface area contributed by atoms with Crippen molar-refractivity contribution < 1.29 is 33.6 Å². The van der Waals surface area contributed by atoms with Crippen LogP contribution in [0.4, 0.5) is 5.88 Å². The predicted molar refractivity (Wildman–Crippen MR) is 133 cm³/mol. The Hall–Kier alpha value is -4.22. The second-order valence-corrected chi connectivity index (χ2v) is 9.74. The summed E-state index contributed by atoms with van der Waals surface area (Å²) in [5.41, 5.74) is 1.27. The molecule has 12 nitrogen and oxygen atoms in total. The molecule has 1 aliphatic heterocycles. The van der Waals surface area contributed by atoms with E-state index in [4.69, 9.17) is 4.42 Å². The summed E-state index contributed by atoms with van der Waals surface area (Å²) in [6.07, 6.45) is 2.78. The van der Waals surface area contributed by atoms with Gasteiger partial charge in [0.25, 0.3) is 17.7 Å². The first kappa shape index (κ1) is 26.8. The number of aryl methyl sites for hydroxylation is 1. The van der Waals surface area contributed by atoms with Crippen LogP contribution in [0.1, 0.15) is 65.0 Å². The number of furan rings is 1. The lowest BCUT2D eigenvalue weighted by molar-refractivity contribution is -0.402. The topological polar surface area (TPSA) is 163 Å². The van der Waals surface area contributed by atoms with Gasteiger partial charge in [0.15, 0.2) is 11.9 Å². The Bertz CT molecular complexity index is 1220. The quantitative estimate of drug-likeness (QED) is 0.392. The summed E-state index contributed by atoms with van der Waals surface area (Å²) in [7, 11) is 0. The summed E-state index contributed by atoms with van der Waals surface area (Å²) in [4.78, 5) is 64.7. The third kappa shape index (κ3) is 5.84. The molecule has 2 fully saturated rings. The van der Waals surface area contributed by atoms with E-state index in [0.29, 0.717) is 5.56 Å². The van der Waals surface area contributed by atoms with E-state index in [2.05, 4.69) is 5.32 Å². The van der Waals surface area contributed by atoms with Gasteiger partial charge in [-0.25, -0.2) is 0 Å². The number of hydrogen-bond donors (Lipinski definition) is 2. The molecular formula is C26H30N4O8. The molecule has 2 aliphatic rings. The molecule has 2 heterocycles. The van der Waals surface area contributed by atoms with Gasteiger partial charge < -0.3 is 24.6 Å². The van der Waals surface area contributed by atoms with Crippen LogP contribution in [-0.4, -0.2) is 68.8 Å². The first-order valence-corrected chi connectivity index (χ1v) is 12.6. The summed E-state index contributed by atoms with van der Waals surface area (Å²) in [5, 5.41) is 23.3. The Morgan fingerprint density at radius 1 is 1.03 bits per heavy atom. The Labute approximate surface area is 218 Å². The van der Waals surface area contributed by atoms with Gasteiger partial charge in [-0.1, -0.05) is 37.0 Å².